The first-order chi connectivity index (χ1) is 8.06. The molecule has 0 radical (unpaired) electrons. The van der Waals surface area contributed by atoms with Crippen molar-refractivity contribution in [2.24, 2.45) is 0 Å². The smallest absolute Gasteiger partial charge is 0.261 e. The Bertz CT molecular complexity index is 566. The van der Waals surface area contributed by atoms with Gasteiger partial charge >= 0.3 is 0 Å². The lowest BCUT2D eigenvalue weighted by atomic mass is 10.1. The van der Waals surface area contributed by atoms with Crippen LogP contribution in [0.1, 0.15) is 21.7 Å². The van der Waals surface area contributed by atoms with E-state index in [1.807, 2.05) is 6.92 Å². The van der Waals surface area contributed by atoms with E-state index in [1.165, 1.54) is 6.07 Å². The minimum absolute atomic E-state index is 0.0469. The lowest BCUT2D eigenvalue weighted by molar-refractivity contribution is 0.102. The van der Waals surface area contributed by atoms with Crippen LogP contribution in [-0.2, 0) is 0 Å². The molecule has 5 nitrogen and oxygen atoms in total. The Labute approximate surface area is 102 Å². The minimum atomic E-state index is -0.387. The second kappa shape index (κ2) is 4.50. The van der Waals surface area contributed by atoms with Crippen LogP contribution in [0.5, 0.6) is 5.75 Å². The summed E-state index contributed by atoms with van der Waals surface area (Å²) in [6.07, 6.45) is 0. The summed E-state index contributed by atoms with van der Waals surface area (Å²) >= 11 is 1.11. The van der Waals surface area contributed by atoms with Crippen molar-refractivity contribution in [3.05, 3.63) is 35.2 Å². The summed E-state index contributed by atoms with van der Waals surface area (Å²) in [4.78, 5) is 15.9. The average molecular weight is 249 g/mol. The Morgan fingerprint density at radius 3 is 2.82 bits per heavy atom. The molecule has 0 saturated heterocycles. The summed E-state index contributed by atoms with van der Waals surface area (Å²) in [5.74, 6) is 0.176. The molecule has 1 aromatic carbocycles. The van der Waals surface area contributed by atoms with Crippen LogP contribution in [0.4, 0.5) is 5.13 Å². The number of aromatic hydroxyl groups is 1. The maximum Gasteiger partial charge on any atom is 0.261 e. The molecule has 0 aliphatic carbocycles. The summed E-state index contributed by atoms with van der Waals surface area (Å²) in [5, 5.41) is 12.6. The van der Waals surface area contributed by atoms with Crippen LogP contribution in [-0.4, -0.2) is 20.4 Å². The number of carbonyl (C=O) groups excluding carboxylic acids is 1. The molecular formula is C11H11N3O2S. The molecule has 6 heteroatoms. The summed E-state index contributed by atoms with van der Waals surface area (Å²) in [6, 6.07) is 4.86. The molecule has 0 aliphatic rings. The number of hydrogen-bond acceptors (Lipinski definition) is 5. The molecule has 0 atom stereocenters. The maximum absolute atomic E-state index is 11.9. The molecule has 0 saturated carbocycles. The first-order valence-electron chi connectivity index (χ1n) is 4.97. The predicted molar refractivity (Wildman–Crippen MR) is 65.4 cm³/mol. The minimum Gasteiger partial charge on any atom is -0.507 e. The second-order valence-corrected chi connectivity index (χ2v) is 4.37. The predicted octanol–water partition coefficient (Wildman–Crippen LogP) is 2.11. The Balaban J connectivity index is 2.22. The zero-order chi connectivity index (χ0) is 12.4. The Morgan fingerprint density at radius 2 is 2.18 bits per heavy atom. The number of rotatable bonds is 2. The quantitative estimate of drug-likeness (QED) is 0.854. The van der Waals surface area contributed by atoms with Crippen molar-refractivity contribution < 1.29 is 9.90 Å². The van der Waals surface area contributed by atoms with Gasteiger partial charge in [0.25, 0.3) is 5.91 Å². The van der Waals surface area contributed by atoms with E-state index in [1.54, 1.807) is 19.1 Å². The zero-order valence-corrected chi connectivity index (χ0v) is 10.2. The lowest BCUT2D eigenvalue weighted by Crippen LogP contribution is -2.12. The number of phenolic OH excluding ortho intramolecular Hbond substituents is 1. The Morgan fingerprint density at radius 1 is 1.41 bits per heavy atom. The van der Waals surface area contributed by atoms with Crippen LogP contribution in [0.25, 0.3) is 0 Å². The Kier molecular flexibility index (Phi) is 3.06. The van der Waals surface area contributed by atoms with Gasteiger partial charge in [0.15, 0.2) is 0 Å². The fourth-order valence-electron chi connectivity index (χ4n) is 1.34. The second-order valence-electron chi connectivity index (χ2n) is 3.62. The highest BCUT2D eigenvalue weighted by molar-refractivity contribution is 7.09. The monoisotopic (exact) mass is 249 g/mol. The third-order valence-electron chi connectivity index (χ3n) is 2.14. The molecule has 2 rings (SSSR count). The number of amides is 1. The fraction of sp³-hybridized carbons (Fsp3) is 0.182. The van der Waals surface area contributed by atoms with E-state index in [9.17, 15) is 9.90 Å². The molecule has 88 valence electrons. The van der Waals surface area contributed by atoms with Crippen LogP contribution in [0, 0.1) is 13.8 Å². The van der Waals surface area contributed by atoms with Gasteiger partial charge in [-0.25, -0.2) is 4.98 Å². The van der Waals surface area contributed by atoms with Gasteiger partial charge in [-0.15, -0.1) is 0 Å². The van der Waals surface area contributed by atoms with E-state index in [4.69, 9.17) is 0 Å². The molecule has 0 fully saturated rings. The van der Waals surface area contributed by atoms with E-state index >= 15 is 0 Å². The van der Waals surface area contributed by atoms with Gasteiger partial charge in [0.05, 0.1) is 5.56 Å². The van der Waals surface area contributed by atoms with E-state index in [0.717, 1.165) is 17.1 Å². The van der Waals surface area contributed by atoms with Gasteiger partial charge in [0, 0.05) is 11.5 Å². The van der Waals surface area contributed by atoms with Crippen LogP contribution >= 0.6 is 11.5 Å². The van der Waals surface area contributed by atoms with Crippen LogP contribution in [0.15, 0.2) is 18.2 Å². The highest BCUT2D eigenvalue weighted by atomic mass is 32.1. The fourth-order valence-corrected chi connectivity index (χ4v) is 1.91. The molecule has 1 amide bonds. The van der Waals surface area contributed by atoms with Gasteiger partial charge in [-0.05, 0) is 26.0 Å². The number of aromatic nitrogens is 2. The molecule has 17 heavy (non-hydrogen) atoms. The number of anilines is 1. The van der Waals surface area contributed by atoms with Crippen molar-refractivity contribution in [3.63, 3.8) is 0 Å². The summed E-state index contributed by atoms with van der Waals surface area (Å²) < 4.78 is 3.96. The summed E-state index contributed by atoms with van der Waals surface area (Å²) in [5.41, 5.74) is 1.14. The first-order valence-corrected chi connectivity index (χ1v) is 5.75. The SMILES string of the molecule is Cc1ccc(O)c(C(=O)Nc2nc(C)ns2)c1. The molecule has 2 aromatic rings. The average Bonchev–Trinajstić information content (AvgIpc) is 2.67. The first kappa shape index (κ1) is 11.5. The number of carbonyl (C=O) groups is 1. The zero-order valence-electron chi connectivity index (χ0n) is 9.39. The number of aryl methyl sites for hydroxylation is 2. The standard InChI is InChI=1S/C11H11N3O2S/c1-6-3-4-9(15)8(5-6)10(16)13-11-12-7(2)14-17-11/h3-5,15H,1-2H3,(H,12,13,14,16). The van der Waals surface area contributed by atoms with Crippen LogP contribution in [0.3, 0.4) is 0 Å². The molecule has 0 unspecified atom stereocenters. The number of benzene rings is 1. The molecule has 1 aromatic heterocycles. The lowest BCUT2D eigenvalue weighted by Gasteiger charge is -2.04. The van der Waals surface area contributed by atoms with Gasteiger partial charge in [0.1, 0.15) is 11.6 Å². The normalized spacial score (nSPS) is 10.2. The highest BCUT2D eigenvalue weighted by Gasteiger charge is 2.13. The third kappa shape index (κ3) is 2.59. The van der Waals surface area contributed by atoms with Crippen molar-refractivity contribution in [1.82, 2.24) is 9.36 Å². The Hall–Kier alpha value is -1.95. The van der Waals surface area contributed by atoms with E-state index in [2.05, 4.69) is 14.7 Å². The molecule has 2 N–H and O–H groups in total. The largest absolute Gasteiger partial charge is 0.507 e. The number of nitrogens with one attached hydrogen (secondary N) is 1. The number of hydrogen-bond donors (Lipinski definition) is 2. The van der Waals surface area contributed by atoms with Crippen LogP contribution < -0.4 is 5.32 Å². The number of phenols is 1. The molecular weight excluding hydrogens is 238 g/mol. The maximum atomic E-state index is 11.9. The van der Waals surface area contributed by atoms with Gasteiger partial charge in [0.2, 0.25) is 5.13 Å². The van der Waals surface area contributed by atoms with Crippen molar-refractivity contribution >= 4 is 22.6 Å². The van der Waals surface area contributed by atoms with Crippen molar-refractivity contribution in [2.45, 2.75) is 13.8 Å². The van der Waals surface area contributed by atoms with Crippen molar-refractivity contribution in [1.29, 1.82) is 0 Å². The summed E-state index contributed by atoms with van der Waals surface area (Å²) in [6.45, 7) is 3.60. The van der Waals surface area contributed by atoms with E-state index in [0.29, 0.717) is 11.0 Å². The van der Waals surface area contributed by atoms with Crippen molar-refractivity contribution in [2.75, 3.05) is 5.32 Å². The van der Waals surface area contributed by atoms with Crippen molar-refractivity contribution in [3.8, 4) is 5.75 Å². The molecule has 0 spiro atoms. The van der Waals surface area contributed by atoms with E-state index < -0.39 is 0 Å². The molecule has 0 aliphatic heterocycles. The molecule has 1 heterocycles. The van der Waals surface area contributed by atoms with Gasteiger partial charge < -0.3 is 5.11 Å². The highest BCUT2D eigenvalue weighted by Crippen LogP contribution is 2.20. The number of nitrogens with zero attached hydrogens (tertiary/aromatic N) is 2. The van der Waals surface area contributed by atoms with Gasteiger partial charge in [-0.2, -0.15) is 4.37 Å². The molecule has 0 bridgehead atoms. The topological polar surface area (TPSA) is 75.1 Å². The third-order valence-corrected chi connectivity index (χ3v) is 2.87. The van der Waals surface area contributed by atoms with E-state index in [-0.39, 0.29) is 17.2 Å². The van der Waals surface area contributed by atoms with Gasteiger partial charge in [-0.1, -0.05) is 11.6 Å². The van der Waals surface area contributed by atoms with Gasteiger partial charge in [-0.3, -0.25) is 10.1 Å². The van der Waals surface area contributed by atoms with Crippen LogP contribution in [0.2, 0.25) is 0 Å². The summed E-state index contributed by atoms with van der Waals surface area (Å²) in [7, 11) is 0.